The predicted octanol–water partition coefficient (Wildman–Crippen LogP) is 5.16. The first-order chi connectivity index (χ1) is 14.9. The molecule has 0 radical (unpaired) electrons. The van der Waals surface area contributed by atoms with E-state index in [1.807, 2.05) is 13.8 Å². The van der Waals surface area contributed by atoms with E-state index >= 15 is 0 Å². The van der Waals surface area contributed by atoms with Gasteiger partial charge in [0.15, 0.2) is 5.82 Å². The molecule has 1 aromatic heterocycles. The second kappa shape index (κ2) is 10.2. The Morgan fingerprint density at radius 3 is 2.61 bits per heavy atom. The molecular formula is C23H32F2N4O2. The number of ether oxygens (including phenoxy) is 1. The quantitative estimate of drug-likeness (QED) is 0.723. The summed E-state index contributed by atoms with van der Waals surface area (Å²) in [5.41, 5.74) is 3.24. The summed E-state index contributed by atoms with van der Waals surface area (Å²) >= 11 is 0. The summed E-state index contributed by atoms with van der Waals surface area (Å²) in [5, 5.41) is 8.07. The first-order valence-corrected chi connectivity index (χ1v) is 11.0. The van der Waals surface area contributed by atoms with Gasteiger partial charge in [0.2, 0.25) is 5.91 Å². The molecule has 3 heterocycles. The number of alkyl halides is 2. The van der Waals surface area contributed by atoms with Gasteiger partial charge in [0.05, 0.1) is 12.6 Å². The van der Waals surface area contributed by atoms with Gasteiger partial charge in [0.1, 0.15) is 0 Å². The van der Waals surface area contributed by atoms with E-state index in [9.17, 15) is 13.6 Å². The third kappa shape index (κ3) is 5.06. The summed E-state index contributed by atoms with van der Waals surface area (Å²) in [7, 11) is 0. The number of fused-ring (bicyclic) bond motifs is 1. The largest absolute Gasteiger partial charge is 0.381 e. The molecule has 31 heavy (non-hydrogen) atoms. The average Bonchev–Trinajstić information content (AvgIpc) is 3.14. The Labute approximate surface area is 182 Å². The smallest absolute Gasteiger partial charge is 0.264 e. The molecule has 0 atom stereocenters. The van der Waals surface area contributed by atoms with Crippen LogP contribution >= 0.6 is 0 Å². The highest BCUT2D eigenvalue weighted by atomic mass is 19.3. The van der Waals surface area contributed by atoms with Crippen LogP contribution in [0.25, 0.3) is 0 Å². The lowest BCUT2D eigenvalue weighted by Gasteiger charge is -2.29. The number of carbonyl (C=O) groups excluding carboxylic acids is 1. The number of nitrogens with one attached hydrogen (secondary N) is 1. The van der Waals surface area contributed by atoms with E-state index in [2.05, 4.69) is 10.00 Å². The zero-order chi connectivity index (χ0) is 22.5. The van der Waals surface area contributed by atoms with Crippen LogP contribution in [0.3, 0.4) is 0 Å². The molecule has 0 unspecified atom stereocenters. The number of hydrogen-bond acceptors (Lipinski definition) is 4. The lowest BCUT2D eigenvalue weighted by Crippen LogP contribution is -2.35. The highest BCUT2D eigenvalue weighted by molar-refractivity contribution is 5.74. The normalized spacial score (nSPS) is 16.5. The van der Waals surface area contributed by atoms with Crippen LogP contribution < -0.4 is 5.32 Å². The Kier molecular flexibility index (Phi) is 7.64. The van der Waals surface area contributed by atoms with E-state index in [0.717, 1.165) is 30.5 Å². The number of hydrogen-bond donors (Lipinski definition) is 1. The summed E-state index contributed by atoms with van der Waals surface area (Å²) in [6.45, 7) is 9.79. The number of amides is 1. The van der Waals surface area contributed by atoms with Crippen molar-refractivity contribution in [2.75, 3.05) is 25.1 Å². The fraction of sp³-hybridized carbons (Fsp3) is 0.565. The van der Waals surface area contributed by atoms with Gasteiger partial charge in [-0.1, -0.05) is 19.9 Å². The van der Waals surface area contributed by atoms with Gasteiger partial charge in [0, 0.05) is 55.6 Å². The van der Waals surface area contributed by atoms with Crippen molar-refractivity contribution in [2.24, 2.45) is 0 Å². The second-order valence-electron chi connectivity index (χ2n) is 7.75. The molecule has 0 bridgehead atoms. The van der Waals surface area contributed by atoms with Crippen molar-refractivity contribution in [3.63, 3.8) is 0 Å². The molecule has 1 saturated heterocycles. The molecule has 0 spiro atoms. The molecule has 1 N–H and O–H groups in total. The number of rotatable bonds is 4. The maximum absolute atomic E-state index is 13.3. The Balaban J connectivity index is 0.00000132. The molecular weight excluding hydrogens is 402 g/mol. The molecule has 8 heteroatoms. The summed E-state index contributed by atoms with van der Waals surface area (Å²) in [5.74, 6) is 0.664. The lowest BCUT2D eigenvalue weighted by molar-refractivity contribution is -0.129. The van der Waals surface area contributed by atoms with Crippen LogP contribution in [0.4, 0.5) is 20.3 Å². The second-order valence-corrected chi connectivity index (χ2v) is 7.75. The molecule has 2 aromatic rings. The summed E-state index contributed by atoms with van der Waals surface area (Å²) in [6.07, 6.45) is -0.00994. The van der Waals surface area contributed by atoms with Crippen molar-refractivity contribution >= 4 is 17.4 Å². The van der Waals surface area contributed by atoms with E-state index in [0.29, 0.717) is 43.4 Å². The standard InChI is InChI=1S/C21H26F2N4O2.C2H6/c1-13-3-4-15(11-17(13)20(22)23)24-21-18-12-26(14(2)28)8-5-19(18)27(25-21)16-6-9-29-10-7-16;1-2/h3-4,11,16,20H,5-10,12H2,1-2H3,(H,24,25);1-2H3. The monoisotopic (exact) mass is 434 g/mol. The molecule has 0 aliphatic carbocycles. The number of halogens is 2. The fourth-order valence-electron chi connectivity index (χ4n) is 4.14. The molecule has 4 rings (SSSR count). The van der Waals surface area contributed by atoms with Crippen molar-refractivity contribution < 1.29 is 18.3 Å². The third-order valence-corrected chi connectivity index (χ3v) is 5.85. The maximum Gasteiger partial charge on any atom is 0.264 e. The van der Waals surface area contributed by atoms with Crippen molar-refractivity contribution in [1.82, 2.24) is 14.7 Å². The van der Waals surface area contributed by atoms with Crippen molar-refractivity contribution in [3.05, 3.63) is 40.6 Å². The van der Waals surface area contributed by atoms with Gasteiger partial charge in [0.25, 0.3) is 6.43 Å². The van der Waals surface area contributed by atoms with Gasteiger partial charge < -0.3 is 15.0 Å². The zero-order valence-corrected chi connectivity index (χ0v) is 18.8. The van der Waals surface area contributed by atoms with E-state index in [4.69, 9.17) is 9.84 Å². The number of anilines is 2. The molecule has 6 nitrogen and oxygen atoms in total. The van der Waals surface area contributed by atoms with Crippen LogP contribution in [0, 0.1) is 6.92 Å². The van der Waals surface area contributed by atoms with Crippen LogP contribution in [0.1, 0.15) is 68.5 Å². The minimum atomic E-state index is -2.53. The Hall–Kier alpha value is -2.48. The first kappa shape index (κ1) is 23.2. The van der Waals surface area contributed by atoms with Crippen LogP contribution in [0.15, 0.2) is 18.2 Å². The highest BCUT2D eigenvalue weighted by Crippen LogP contribution is 2.34. The number of carbonyl (C=O) groups is 1. The van der Waals surface area contributed by atoms with Crippen LogP contribution in [0.2, 0.25) is 0 Å². The minimum absolute atomic E-state index is 0.0121. The molecule has 1 amide bonds. The minimum Gasteiger partial charge on any atom is -0.381 e. The van der Waals surface area contributed by atoms with Gasteiger partial charge in [-0.25, -0.2) is 8.78 Å². The molecule has 1 fully saturated rings. The van der Waals surface area contributed by atoms with Crippen molar-refractivity contribution in [1.29, 1.82) is 0 Å². The fourth-order valence-corrected chi connectivity index (χ4v) is 4.14. The molecule has 1 aromatic carbocycles. The summed E-state index contributed by atoms with van der Waals surface area (Å²) in [4.78, 5) is 13.7. The zero-order valence-electron chi connectivity index (χ0n) is 18.8. The number of aromatic nitrogens is 2. The Morgan fingerprint density at radius 2 is 1.97 bits per heavy atom. The summed E-state index contributed by atoms with van der Waals surface area (Å²) < 4.78 is 34.2. The van der Waals surface area contributed by atoms with Crippen molar-refractivity contribution in [2.45, 2.75) is 66.0 Å². The topological polar surface area (TPSA) is 59.4 Å². The first-order valence-electron chi connectivity index (χ1n) is 11.0. The molecule has 0 saturated carbocycles. The Bertz CT molecular complexity index is 907. The van der Waals surface area contributed by atoms with Gasteiger partial charge in [-0.3, -0.25) is 9.48 Å². The van der Waals surface area contributed by atoms with Gasteiger partial charge in [-0.2, -0.15) is 5.10 Å². The van der Waals surface area contributed by atoms with E-state index < -0.39 is 6.43 Å². The van der Waals surface area contributed by atoms with E-state index in [-0.39, 0.29) is 17.5 Å². The Morgan fingerprint density at radius 1 is 1.26 bits per heavy atom. The van der Waals surface area contributed by atoms with E-state index in [1.54, 1.807) is 30.9 Å². The molecule has 2 aliphatic rings. The highest BCUT2D eigenvalue weighted by Gasteiger charge is 2.29. The lowest BCUT2D eigenvalue weighted by atomic mass is 10.0. The SMILES string of the molecule is CC.CC(=O)N1CCc2c(c(Nc3ccc(C)c(C(F)F)c3)nn2C2CCOCC2)C1. The van der Waals surface area contributed by atoms with Gasteiger partial charge >= 0.3 is 0 Å². The molecule has 170 valence electrons. The third-order valence-electron chi connectivity index (χ3n) is 5.85. The maximum atomic E-state index is 13.3. The van der Waals surface area contributed by atoms with Crippen LogP contribution in [-0.4, -0.2) is 40.3 Å². The van der Waals surface area contributed by atoms with Crippen molar-refractivity contribution in [3.8, 4) is 0 Å². The van der Waals surface area contributed by atoms with Crippen LogP contribution in [0.5, 0.6) is 0 Å². The average molecular weight is 435 g/mol. The van der Waals surface area contributed by atoms with Gasteiger partial charge in [-0.15, -0.1) is 0 Å². The van der Waals surface area contributed by atoms with Gasteiger partial charge in [-0.05, 0) is 37.5 Å². The number of aryl methyl sites for hydroxylation is 1. The van der Waals surface area contributed by atoms with Crippen LogP contribution in [-0.2, 0) is 22.5 Å². The summed E-state index contributed by atoms with van der Waals surface area (Å²) in [6, 6.07) is 5.21. The predicted molar refractivity (Wildman–Crippen MR) is 117 cm³/mol. The van der Waals surface area contributed by atoms with E-state index in [1.165, 1.54) is 6.07 Å². The molecule has 2 aliphatic heterocycles. The number of nitrogens with zero attached hydrogens (tertiary/aromatic N) is 3. The number of benzene rings is 1.